The molecular weight excluding hydrogens is 228 g/mol. The molecule has 5 heteroatoms. The Labute approximate surface area is 101 Å². The average molecular weight is 245 g/mol. The van der Waals surface area contributed by atoms with Gasteiger partial charge in [0.1, 0.15) is 18.5 Å². The van der Waals surface area contributed by atoms with Crippen LogP contribution in [0.4, 0.5) is 0 Å². The first-order chi connectivity index (χ1) is 7.58. The lowest BCUT2D eigenvalue weighted by Crippen LogP contribution is -2.39. The average Bonchev–Trinajstić information content (AvgIpc) is 2.25. The van der Waals surface area contributed by atoms with Crippen LogP contribution in [0.2, 0.25) is 5.02 Å². The van der Waals surface area contributed by atoms with Crippen LogP contribution in [0.15, 0.2) is 24.3 Å². The van der Waals surface area contributed by atoms with Crippen molar-refractivity contribution in [3.63, 3.8) is 0 Å². The molecule has 1 aromatic rings. The summed E-state index contributed by atoms with van der Waals surface area (Å²) in [4.78, 5) is 0. The number of ether oxygens (including phenoxy) is 1. The Morgan fingerprint density at radius 3 is 2.56 bits per heavy atom. The highest BCUT2D eigenvalue weighted by Crippen LogP contribution is 2.15. The van der Waals surface area contributed by atoms with Crippen LogP contribution in [-0.4, -0.2) is 43.5 Å². The fraction of sp³-hybridized carbons (Fsp3) is 0.455. The predicted molar refractivity (Wildman–Crippen MR) is 64.6 cm³/mol. The Kier molecular flexibility index (Phi) is 5.55. The molecule has 1 rings (SSSR count). The summed E-state index contributed by atoms with van der Waals surface area (Å²) in [7, 11) is 3.74. The van der Waals surface area contributed by atoms with Gasteiger partial charge >= 0.3 is 0 Å². The van der Waals surface area contributed by atoms with E-state index in [4.69, 9.17) is 16.3 Å². The predicted octanol–water partition coefficient (Wildman–Crippen LogP) is 1.15. The standard InChI is InChI=1S/C11H17ClN2O2/c1-14(2)13-7-10(15)8-16-11-5-3-9(12)4-6-11/h3-6,10,13,15H,7-8H2,1-2H3. The molecule has 0 aliphatic heterocycles. The second kappa shape index (κ2) is 6.70. The van der Waals surface area contributed by atoms with Gasteiger partial charge in [0.2, 0.25) is 0 Å². The minimum absolute atomic E-state index is 0.252. The van der Waals surface area contributed by atoms with Gasteiger partial charge in [0.05, 0.1) is 0 Å². The number of nitrogens with zero attached hydrogens (tertiary/aromatic N) is 1. The molecule has 1 unspecified atom stereocenters. The van der Waals surface area contributed by atoms with Crippen LogP contribution in [0.3, 0.4) is 0 Å². The van der Waals surface area contributed by atoms with E-state index in [1.54, 1.807) is 29.3 Å². The lowest BCUT2D eigenvalue weighted by molar-refractivity contribution is 0.0884. The number of rotatable bonds is 6. The second-order valence-corrected chi connectivity index (χ2v) is 4.11. The van der Waals surface area contributed by atoms with Crippen molar-refractivity contribution in [2.24, 2.45) is 0 Å². The molecule has 0 heterocycles. The van der Waals surface area contributed by atoms with Crippen LogP contribution in [0.25, 0.3) is 0 Å². The van der Waals surface area contributed by atoms with Crippen molar-refractivity contribution >= 4 is 11.6 Å². The Morgan fingerprint density at radius 2 is 2.00 bits per heavy atom. The summed E-state index contributed by atoms with van der Waals surface area (Å²) in [5.41, 5.74) is 2.97. The summed E-state index contributed by atoms with van der Waals surface area (Å²) < 4.78 is 5.39. The van der Waals surface area contributed by atoms with E-state index in [1.165, 1.54) is 0 Å². The number of halogens is 1. The SMILES string of the molecule is CN(C)NCC(O)COc1ccc(Cl)cc1. The van der Waals surface area contributed by atoms with E-state index in [0.29, 0.717) is 17.3 Å². The van der Waals surface area contributed by atoms with Gasteiger partial charge in [-0.3, -0.25) is 10.4 Å². The maximum Gasteiger partial charge on any atom is 0.119 e. The number of aliphatic hydroxyl groups is 1. The van der Waals surface area contributed by atoms with Gasteiger partial charge in [0.15, 0.2) is 0 Å². The highest BCUT2D eigenvalue weighted by atomic mass is 35.5. The number of nitrogens with one attached hydrogen (secondary N) is 1. The molecule has 0 radical (unpaired) electrons. The van der Waals surface area contributed by atoms with Gasteiger partial charge in [-0.25, -0.2) is 0 Å². The topological polar surface area (TPSA) is 44.7 Å². The summed E-state index contributed by atoms with van der Waals surface area (Å²) >= 11 is 5.74. The van der Waals surface area contributed by atoms with Gasteiger partial charge in [0.25, 0.3) is 0 Å². The quantitative estimate of drug-likeness (QED) is 0.737. The van der Waals surface area contributed by atoms with Crippen molar-refractivity contribution in [1.29, 1.82) is 0 Å². The largest absolute Gasteiger partial charge is 0.491 e. The molecule has 16 heavy (non-hydrogen) atoms. The molecule has 4 nitrogen and oxygen atoms in total. The summed E-state index contributed by atoms with van der Waals surface area (Å²) in [6.07, 6.45) is -0.543. The van der Waals surface area contributed by atoms with E-state index < -0.39 is 6.10 Å². The van der Waals surface area contributed by atoms with Crippen molar-refractivity contribution in [2.45, 2.75) is 6.10 Å². The van der Waals surface area contributed by atoms with Crippen molar-refractivity contribution in [2.75, 3.05) is 27.2 Å². The maximum atomic E-state index is 9.57. The van der Waals surface area contributed by atoms with E-state index in [9.17, 15) is 5.11 Å². The molecule has 0 saturated carbocycles. The molecule has 90 valence electrons. The van der Waals surface area contributed by atoms with Crippen LogP contribution >= 0.6 is 11.6 Å². The minimum atomic E-state index is -0.543. The first-order valence-electron chi connectivity index (χ1n) is 5.05. The van der Waals surface area contributed by atoms with Gasteiger partial charge in [0, 0.05) is 25.7 Å². The molecule has 0 aromatic heterocycles. The smallest absolute Gasteiger partial charge is 0.119 e. The lowest BCUT2D eigenvalue weighted by atomic mass is 10.3. The van der Waals surface area contributed by atoms with E-state index in [0.717, 1.165) is 0 Å². The number of hydrazine groups is 1. The number of hydrogen-bond acceptors (Lipinski definition) is 4. The monoisotopic (exact) mass is 244 g/mol. The molecule has 0 aliphatic rings. The summed E-state index contributed by atoms with van der Waals surface area (Å²) in [5.74, 6) is 0.702. The van der Waals surface area contributed by atoms with Crippen LogP contribution in [0, 0.1) is 0 Å². The summed E-state index contributed by atoms with van der Waals surface area (Å²) in [6.45, 7) is 0.711. The van der Waals surface area contributed by atoms with E-state index in [-0.39, 0.29) is 6.61 Å². The molecule has 1 aromatic carbocycles. The Balaban J connectivity index is 2.26. The van der Waals surface area contributed by atoms with Crippen molar-refractivity contribution < 1.29 is 9.84 Å². The Bertz CT molecular complexity index is 303. The van der Waals surface area contributed by atoms with Crippen molar-refractivity contribution in [3.05, 3.63) is 29.3 Å². The molecule has 0 fully saturated rings. The fourth-order valence-electron chi connectivity index (χ4n) is 1.07. The fourth-order valence-corrected chi connectivity index (χ4v) is 1.20. The van der Waals surface area contributed by atoms with Gasteiger partial charge in [-0.1, -0.05) is 11.6 Å². The molecule has 1 atom stereocenters. The Hall–Kier alpha value is -0.810. The zero-order valence-electron chi connectivity index (χ0n) is 9.48. The first-order valence-corrected chi connectivity index (χ1v) is 5.43. The van der Waals surface area contributed by atoms with Gasteiger partial charge < -0.3 is 9.84 Å². The summed E-state index contributed by atoms with van der Waals surface area (Å²) in [5, 5.41) is 12.0. The number of aliphatic hydroxyl groups excluding tert-OH is 1. The zero-order valence-corrected chi connectivity index (χ0v) is 10.2. The lowest BCUT2D eigenvalue weighted by Gasteiger charge is -2.16. The highest BCUT2D eigenvalue weighted by Gasteiger charge is 2.05. The van der Waals surface area contributed by atoms with Crippen LogP contribution in [0.5, 0.6) is 5.75 Å². The minimum Gasteiger partial charge on any atom is -0.491 e. The van der Waals surface area contributed by atoms with Crippen molar-refractivity contribution in [3.8, 4) is 5.75 Å². The third kappa shape index (κ3) is 5.32. The molecule has 0 aliphatic carbocycles. The highest BCUT2D eigenvalue weighted by molar-refractivity contribution is 6.30. The molecule has 2 N–H and O–H groups in total. The summed E-state index contributed by atoms with van der Waals surface area (Å²) in [6, 6.07) is 7.05. The third-order valence-corrected chi connectivity index (χ3v) is 2.15. The van der Waals surface area contributed by atoms with Gasteiger partial charge in [-0.05, 0) is 24.3 Å². The maximum absolute atomic E-state index is 9.57. The van der Waals surface area contributed by atoms with Crippen molar-refractivity contribution in [1.82, 2.24) is 10.4 Å². The number of hydrogen-bond donors (Lipinski definition) is 2. The molecular formula is C11H17ClN2O2. The first kappa shape index (κ1) is 13.3. The molecule has 0 bridgehead atoms. The third-order valence-electron chi connectivity index (χ3n) is 1.90. The second-order valence-electron chi connectivity index (χ2n) is 3.68. The molecule has 0 amide bonds. The van der Waals surface area contributed by atoms with E-state index in [2.05, 4.69) is 5.43 Å². The van der Waals surface area contributed by atoms with E-state index in [1.807, 2.05) is 14.1 Å². The van der Waals surface area contributed by atoms with Crippen LogP contribution in [-0.2, 0) is 0 Å². The normalized spacial score (nSPS) is 12.8. The van der Waals surface area contributed by atoms with Gasteiger partial charge in [-0.2, -0.15) is 0 Å². The molecule has 0 spiro atoms. The number of benzene rings is 1. The Morgan fingerprint density at radius 1 is 1.38 bits per heavy atom. The van der Waals surface area contributed by atoms with Crippen LogP contribution in [0.1, 0.15) is 0 Å². The van der Waals surface area contributed by atoms with E-state index >= 15 is 0 Å². The van der Waals surface area contributed by atoms with Gasteiger partial charge in [-0.15, -0.1) is 0 Å². The zero-order chi connectivity index (χ0) is 12.0. The van der Waals surface area contributed by atoms with Crippen LogP contribution < -0.4 is 10.2 Å². The molecule has 0 saturated heterocycles.